The molecule has 212 valence electrons. The second-order valence-electron chi connectivity index (χ2n) is 9.87. The Morgan fingerprint density at radius 2 is 1.68 bits per heavy atom. The fourth-order valence-corrected chi connectivity index (χ4v) is 4.41. The predicted molar refractivity (Wildman–Crippen MR) is 159 cm³/mol. The number of ketones is 1. The van der Waals surface area contributed by atoms with Crippen molar-refractivity contribution >= 4 is 11.8 Å². The minimum absolute atomic E-state index is 0.146. The van der Waals surface area contributed by atoms with Crippen LogP contribution in [-0.4, -0.2) is 34.5 Å². The molecule has 0 aliphatic carbocycles. The van der Waals surface area contributed by atoms with Gasteiger partial charge >= 0.3 is 5.97 Å². The number of benzene rings is 3. The molecular formula is C34H36N2O5. The fraction of sp³-hybridized carbons (Fsp3) is 0.265. The molecule has 1 heterocycles. The van der Waals surface area contributed by atoms with Gasteiger partial charge in [-0.2, -0.15) is 0 Å². The molecule has 0 amide bonds. The molecule has 0 bridgehead atoms. The molecule has 4 aromatic rings. The van der Waals surface area contributed by atoms with E-state index < -0.39 is 12.0 Å². The van der Waals surface area contributed by atoms with Gasteiger partial charge in [-0.15, -0.1) is 0 Å². The summed E-state index contributed by atoms with van der Waals surface area (Å²) in [6.07, 6.45) is 4.77. The van der Waals surface area contributed by atoms with Crippen LogP contribution in [0.5, 0.6) is 5.75 Å². The first kappa shape index (κ1) is 29.3. The zero-order chi connectivity index (χ0) is 29.0. The molecule has 41 heavy (non-hydrogen) atoms. The number of allylic oxidation sites excluding steroid dienone is 2. The smallest absolute Gasteiger partial charge is 0.326 e. The molecule has 7 nitrogen and oxygen atoms in total. The summed E-state index contributed by atoms with van der Waals surface area (Å²) in [6, 6.07) is 25.3. The molecule has 0 fully saturated rings. The summed E-state index contributed by atoms with van der Waals surface area (Å²) in [7, 11) is 0. The molecule has 0 aliphatic heterocycles. The lowest BCUT2D eigenvalue weighted by molar-refractivity contribution is -0.139. The van der Waals surface area contributed by atoms with E-state index in [4.69, 9.17) is 9.15 Å². The van der Waals surface area contributed by atoms with E-state index in [1.807, 2.05) is 79.7 Å². The molecule has 0 aliphatic rings. The van der Waals surface area contributed by atoms with Crippen molar-refractivity contribution in [3.05, 3.63) is 119 Å². The Balaban J connectivity index is 1.34. The van der Waals surface area contributed by atoms with Crippen molar-refractivity contribution in [2.24, 2.45) is 0 Å². The number of aryl methyl sites for hydroxylation is 1. The highest BCUT2D eigenvalue weighted by Crippen LogP contribution is 2.22. The number of nitrogens with one attached hydrogen (secondary N) is 1. The molecule has 0 saturated heterocycles. The van der Waals surface area contributed by atoms with Crippen LogP contribution in [0.4, 0.5) is 0 Å². The third kappa shape index (κ3) is 8.67. The number of ether oxygens (including phenoxy) is 1. The van der Waals surface area contributed by atoms with E-state index in [9.17, 15) is 14.7 Å². The summed E-state index contributed by atoms with van der Waals surface area (Å²) >= 11 is 0. The van der Waals surface area contributed by atoms with Gasteiger partial charge in [0, 0.05) is 35.7 Å². The van der Waals surface area contributed by atoms with Gasteiger partial charge in [0.05, 0.1) is 12.3 Å². The summed E-state index contributed by atoms with van der Waals surface area (Å²) in [5, 5.41) is 13.0. The topological polar surface area (TPSA) is 102 Å². The average molecular weight is 553 g/mol. The Morgan fingerprint density at radius 1 is 1.00 bits per heavy atom. The van der Waals surface area contributed by atoms with E-state index in [0.717, 1.165) is 35.4 Å². The standard InChI is InChI=1S/C34H36N2O5/c1-3-4-15-28(23-32(37)26-11-7-5-8-12-26)35-31(34(38)39)22-25-16-18-29(19-17-25)40-21-20-30-24(2)41-33(36-30)27-13-9-6-10-14-27/h5-14,16-19,23,31,35H,3-4,15,20-22H2,1-2H3,(H,38,39)/b28-23+/t31-/m0/s1. The summed E-state index contributed by atoms with van der Waals surface area (Å²) in [4.78, 5) is 29.5. The number of carbonyl (C=O) groups is 2. The highest BCUT2D eigenvalue weighted by molar-refractivity contribution is 6.04. The molecule has 0 unspecified atom stereocenters. The Labute approximate surface area is 240 Å². The van der Waals surface area contributed by atoms with Gasteiger partial charge in [-0.1, -0.05) is 74.0 Å². The lowest BCUT2D eigenvalue weighted by atomic mass is 10.0. The lowest BCUT2D eigenvalue weighted by Crippen LogP contribution is -2.38. The molecule has 0 spiro atoms. The number of aromatic nitrogens is 1. The third-order valence-corrected chi connectivity index (χ3v) is 6.71. The van der Waals surface area contributed by atoms with Gasteiger partial charge in [-0.3, -0.25) is 4.79 Å². The van der Waals surface area contributed by atoms with E-state index in [1.165, 1.54) is 6.08 Å². The Hall–Kier alpha value is -4.65. The van der Waals surface area contributed by atoms with Crippen LogP contribution >= 0.6 is 0 Å². The minimum Gasteiger partial charge on any atom is -0.493 e. The molecule has 0 saturated carbocycles. The van der Waals surface area contributed by atoms with Crippen LogP contribution in [-0.2, 0) is 17.6 Å². The van der Waals surface area contributed by atoms with Gasteiger partial charge in [0.25, 0.3) is 0 Å². The van der Waals surface area contributed by atoms with Crippen LogP contribution in [0.15, 0.2) is 101 Å². The second kappa shape index (κ2) is 14.7. The molecule has 1 atom stereocenters. The van der Waals surface area contributed by atoms with Gasteiger partial charge < -0.3 is 19.6 Å². The van der Waals surface area contributed by atoms with Crippen LogP contribution in [0.25, 0.3) is 11.5 Å². The molecule has 2 N–H and O–H groups in total. The summed E-state index contributed by atoms with van der Waals surface area (Å²) in [5.74, 6) is 0.939. The molecule has 4 rings (SSSR count). The van der Waals surface area contributed by atoms with E-state index >= 15 is 0 Å². The maximum absolute atomic E-state index is 12.7. The van der Waals surface area contributed by atoms with Gasteiger partial charge in [-0.05, 0) is 49.6 Å². The number of carboxylic acid groups (broad SMARTS) is 1. The van der Waals surface area contributed by atoms with Crippen LogP contribution in [0.2, 0.25) is 0 Å². The average Bonchev–Trinajstić information content (AvgIpc) is 3.37. The minimum atomic E-state index is -0.974. The van der Waals surface area contributed by atoms with Crippen LogP contribution in [0.3, 0.4) is 0 Å². The second-order valence-corrected chi connectivity index (χ2v) is 9.87. The van der Waals surface area contributed by atoms with Crippen molar-refractivity contribution in [2.45, 2.75) is 52.0 Å². The zero-order valence-electron chi connectivity index (χ0n) is 23.5. The van der Waals surface area contributed by atoms with E-state index in [-0.39, 0.29) is 12.2 Å². The van der Waals surface area contributed by atoms with E-state index in [1.54, 1.807) is 12.1 Å². The normalized spacial score (nSPS) is 12.1. The molecule has 7 heteroatoms. The number of unbranched alkanes of at least 4 members (excludes halogenated alkanes) is 1. The number of nitrogens with zero attached hydrogens (tertiary/aromatic N) is 1. The van der Waals surface area contributed by atoms with Gasteiger partial charge in [0.15, 0.2) is 5.78 Å². The Bertz CT molecular complexity index is 1440. The fourth-order valence-electron chi connectivity index (χ4n) is 4.41. The van der Waals surface area contributed by atoms with Crippen molar-refractivity contribution in [3.63, 3.8) is 0 Å². The molecular weight excluding hydrogens is 516 g/mol. The highest BCUT2D eigenvalue weighted by atomic mass is 16.5. The number of oxazole rings is 1. The number of hydrogen-bond acceptors (Lipinski definition) is 6. The molecule has 3 aromatic carbocycles. The first-order valence-electron chi connectivity index (χ1n) is 14.0. The lowest BCUT2D eigenvalue weighted by Gasteiger charge is -2.19. The van der Waals surface area contributed by atoms with E-state index in [2.05, 4.69) is 17.2 Å². The monoisotopic (exact) mass is 552 g/mol. The quantitative estimate of drug-likeness (QED) is 0.123. The highest BCUT2D eigenvalue weighted by Gasteiger charge is 2.20. The van der Waals surface area contributed by atoms with Crippen molar-refractivity contribution in [1.29, 1.82) is 0 Å². The zero-order valence-corrected chi connectivity index (χ0v) is 23.5. The maximum Gasteiger partial charge on any atom is 0.326 e. The summed E-state index contributed by atoms with van der Waals surface area (Å²) in [5.41, 5.74) is 3.84. The van der Waals surface area contributed by atoms with Gasteiger partial charge in [0.2, 0.25) is 5.89 Å². The largest absolute Gasteiger partial charge is 0.493 e. The number of hydrogen-bond donors (Lipinski definition) is 2. The van der Waals surface area contributed by atoms with Gasteiger partial charge in [-0.25, -0.2) is 9.78 Å². The van der Waals surface area contributed by atoms with Crippen LogP contribution in [0.1, 0.15) is 53.6 Å². The van der Waals surface area contributed by atoms with Crippen molar-refractivity contribution in [3.8, 4) is 17.2 Å². The number of carbonyl (C=O) groups excluding carboxylic acids is 1. The SMILES string of the molecule is CCCC/C(=C\C(=O)c1ccccc1)N[C@@H](Cc1ccc(OCCc2nc(-c3ccccc3)oc2C)cc1)C(=O)O. The first-order valence-corrected chi connectivity index (χ1v) is 14.0. The van der Waals surface area contributed by atoms with Crippen LogP contribution in [0, 0.1) is 6.92 Å². The number of rotatable bonds is 15. The van der Waals surface area contributed by atoms with Gasteiger partial charge in [0.1, 0.15) is 17.6 Å². The summed E-state index contributed by atoms with van der Waals surface area (Å²) < 4.78 is 11.7. The third-order valence-electron chi connectivity index (χ3n) is 6.71. The molecule has 1 aromatic heterocycles. The number of carboxylic acids is 1. The van der Waals surface area contributed by atoms with Crippen molar-refractivity contribution < 1.29 is 23.8 Å². The Morgan fingerprint density at radius 3 is 2.34 bits per heavy atom. The molecule has 0 radical (unpaired) electrons. The van der Waals surface area contributed by atoms with Crippen molar-refractivity contribution in [1.82, 2.24) is 10.3 Å². The van der Waals surface area contributed by atoms with E-state index in [0.29, 0.717) is 42.3 Å². The maximum atomic E-state index is 12.7. The van der Waals surface area contributed by atoms with Crippen molar-refractivity contribution in [2.75, 3.05) is 6.61 Å². The predicted octanol–water partition coefficient (Wildman–Crippen LogP) is 6.81. The first-order chi connectivity index (χ1) is 19.9. The van der Waals surface area contributed by atoms with Crippen LogP contribution < -0.4 is 10.1 Å². The number of aliphatic carboxylic acids is 1. The summed E-state index contributed by atoms with van der Waals surface area (Å²) in [6.45, 7) is 4.39. The Kier molecular flexibility index (Phi) is 10.5.